The summed E-state index contributed by atoms with van der Waals surface area (Å²) in [5.41, 5.74) is 1.68. The highest BCUT2D eigenvalue weighted by atomic mass is 16.5. The van der Waals surface area contributed by atoms with Crippen molar-refractivity contribution in [1.29, 1.82) is 0 Å². The molecule has 0 spiro atoms. The van der Waals surface area contributed by atoms with E-state index >= 15 is 0 Å². The number of nitrogens with zero attached hydrogens (tertiary/aromatic N) is 4. The van der Waals surface area contributed by atoms with E-state index in [2.05, 4.69) is 5.10 Å². The Balaban J connectivity index is 1.80. The molecule has 1 aliphatic rings. The van der Waals surface area contributed by atoms with E-state index in [0.717, 1.165) is 18.4 Å². The van der Waals surface area contributed by atoms with Crippen molar-refractivity contribution in [1.82, 2.24) is 19.2 Å². The number of hydrogen-bond acceptors (Lipinski definition) is 6. The summed E-state index contributed by atoms with van der Waals surface area (Å²) in [4.78, 5) is 39.9. The number of carbonyl (C=O) groups is 2. The molecule has 2 aromatic heterocycles. The lowest BCUT2D eigenvalue weighted by Gasteiger charge is -2.23. The molecule has 9 heteroatoms. The number of methoxy groups -OCH3 is 1. The van der Waals surface area contributed by atoms with Crippen LogP contribution in [0.4, 0.5) is 0 Å². The molecule has 1 unspecified atom stereocenters. The van der Waals surface area contributed by atoms with E-state index < -0.39 is 5.97 Å². The highest BCUT2D eigenvalue weighted by Crippen LogP contribution is 2.25. The maximum Gasteiger partial charge on any atom is 0.343 e. The minimum absolute atomic E-state index is 0.0693. The fourth-order valence-corrected chi connectivity index (χ4v) is 3.95. The van der Waals surface area contributed by atoms with Crippen LogP contribution in [0, 0.1) is 5.92 Å². The lowest BCUT2D eigenvalue weighted by atomic mass is 10.1. The highest BCUT2D eigenvalue weighted by molar-refractivity contribution is 5.93. The lowest BCUT2D eigenvalue weighted by Crippen LogP contribution is -2.37. The van der Waals surface area contributed by atoms with Crippen LogP contribution in [0.15, 0.2) is 23.3 Å². The third-order valence-corrected chi connectivity index (χ3v) is 5.95. The Hall–Kier alpha value is -3.10. The molecule has 0 saturated heterocycles. The van der Waals surface area contributed by atoms with Gasteiger partial charge in [-0.05, 0) is 24.8 Å². The number of ether oxygens (including phenoxy) is 2. The van der Waals surface area contributed by atoms with Crippen molar-refractivity contribution < 1.29 is 19.1 Å². The van der Waals surface area contributed by atoms with Gasteiger partial charge in [0.2, 0.25) is 5.91 Å². The van der Waals surface area contributed by atoms with Gasteiger partial charge in [0.1, 0.15) is 11.3 Å². The molecule has 1 atom stereocenters. The first-order valence-electron chi connectivity index (χ1n) is 11.1. The predicted molar refractivity (Wildman–Crippen MR) is 119 cm³/mol. The van der Waals surface area contributed by atoms with Crippen LogP contribution in [-0.4, -0.2) is 57.9 Å². The van der Waals surface area contributed by atoms with Crippen LogP contribution in [0.1, 0.15) is 48.3 Å². The Morgan fingerprint density at radius 3 is 2.69 bits per heavy atom. The van der Waals surface area contributed by atoms with Crippen molar-refractivity contribution in [3.63, 3.8) is 0 Å². The Kier molecular flexibility index (Phi) is 7.71. The summed E-state index contributed by atoms with van der Waals surface area (Å²) in [6.45, 7) is 5.44. The fourth-order valence-electron chi connectivity index (χ4n) is 3.95. The summed E-state index contributed by atoms with van der Waals surface area (Å²) in [6.07, 6.45) is 6.38. The zero-order chi connectivity index (χ0) is 23.3. The molecule has 32 heavy (non-hydrogen) atoms. The first-order chi connectivity index (χ1) is 15.3. The van der Waals surface area contributed by atoms with E-state index in [1.54, 1.807) is 20.3 Å². The van der Waals surface area contributed by atoms with Gasteiger partial charge in [0.25, 0.3) is 5.56 Å². The van der Waals surface area contributed by atoms with Crippen molar-refractivity contribution in [2.24, 2.45) is 13.0 Å². The van der Waals surface area contributed by atoms with Crippen LogP contribution in [0.2, 0.25) is 0 Å². The summed E-state index contributed by atoms with van der Waals surface area (Å²) in [5.74, 6) is -0.315. The molecule has 3 heterocycles. The number of carbonyl (C=O) groups excluding carboxylic acids is 2. The Morgan fingerprint density at radius 1 is 1.25 bits per heavy atom. The molecule has 3 rings (SSSR count). The van der Waals surface area contributed by atoms with Crippen molar-refractivity contribution in [3.05, 3.63) is 45.6 Å². The maximum atomic E-state index is 12.8. The Bertz CT molecular complexity index is 1030. The quantitative estimate of drug-likeness (QED) is 0.455. The second kappa shape index (κ2) is 10.5. The topological polar surface area (TPSA) is 95.7 Å². The van der Waals surface area contributed by atoms with Crippen molar-refractivity contribution in [2.45, 2.75) is 46.1 Å². The molecular formula is C23H32N4O5. The van der Waals surface area contributed by atoms with E-state index in [9.17, 15) is 14.4 Å². The van der Waals surface area contributed by atoms with E-state index in [0.29, 0.717) is 44.8 Å². The van der Waals surface area contributed by atoms with Crippen molar-refractivity contribution in [3.8, 4) is 5.75 Å². The number of esters is 1. The van der Waals surface area contributed by atoms with Crippen LogP contribution < -0.4 is 10.3 Å². The van der Waals surface area contributed by atoms with Gasteiger partial charge in [0, 0.05) is 57.0 Å². The SMILES string of the molecule is CCC(C)C(=O)N1CCc2c(C(=O)OC)c(OCCCc3cnn(C)c3)cc(=O)n2CC1. The molecule has 0 bridgehead atoms. The molecule has 0 saturated carbocycles. The molecule has 0 aliphatic carbocycles. The van der Waals surface area contributed by atoms with Crippen LogP contribution in [0.3, 0.4) is 0 Å². The van der Waals surface area contributed by atoms with E-state index in [4.69, 9.17) is 9.47 Å². The molecule has 1 amide bonds. The minimum atomic E-state index is -0.544. The first kappa shape index (κ1) is 23.6. The summed E-state index contributed by atoms with van der Waals surface area (Å²) < 4.78 is 14.2. The van der Waals surface area contributed by atoms with Gasteiger partial charge < -0.3 is 18.9 Å². The van der Waals surface area contributed by atoms with Crippen LogP contribution in [0.25, 0.3) is 0 Å². The lowest BCUT2D eigenvalue weighted by molar-refractivity contribution is -0.135. The smallest absolute Gasteiger partial charge is 0.343 e. The third kappa shape index (κ3) is 5.20. The zero-order valence-electron chi connectivity index (χ0n) is 19.3. The molecule has 0 radical (unpaired) electrons. The third-order valence-electron chi connectivity index (χ3n) is 5.95. The van der Waals surface area contributed by atoms with Gasteiger partial charge in [-0.15, -0.1) is 0 Å². The number of pyridine rings is 1. The van der Waals surface area contributed by atoms with E-state index in [-0.39, 0.29) is 28.7 Å². The number of fused-ring (bicyclic) bond motifs is 1. The molecule has 0 N–H and O–H groups in total. The second-order valence-corrected chi connectivity index (χ2v) is 8.17. The van der Waals surface area contributed by atoms with Gasteiger partial charge in [0.05, 0.1) is 19.9 Å². The molecule has 2 aromatic rings. The van der Waals surface area contributed by atoms with Gasteiger partial charge in [-0.1, -0.05) is 13.8 Å². The normalized spacial score (nSPS) is 14.4. The van der Waals surface area contributed by atoms with Crippen molar-refractivity contribution >= 4 is 11.9 Å². The standard InChI is InChI=1S/C23H32N4O5/c1-5-16(2)22(29)26-9-8-18-21(23(30)31-4)19(13-20(28)27(18)11-10-26)32-12-6-7-17-14-24-25(3)15-17/h13-16H,5-12H2,1-4H3. The molecule has 0 aromatic carbocycles. The number of amides is 1. The van der Waals surface area contributed by atoms with Crippen LogP contribution in [-0.2, 0) is 36.0 Å². The minimum Gasteiger partial charge on any atom is -0.492 e. The molecule has 0 fully saturated rings. The molecular weight excluding hydrogens is 412 g/mol. The summed E-state index contributed by atoms with van der Waals surface area (Å²) in [7, 11) is 3.18. The molecule has 174 valence electrons. The number of aryl methyl sites for hydroxylation is 2. The van der Waals surface area contributed by atoms with Gasteiger partial charge in [0.15, 0.2) is 0 Å². The van der Waals surface area contributed by atoms with E-state index in [1.807, 2.05) is 27.1 Å². The summed E-state index contributed by atoms with van der Waals surface area (Å²) in [5, 5.41) is 4.15. The van der Waals surface area contributed by atoms with Crippen molar-refractivity contribution in [2.75, 3.05) is 26.8 Å². The van der Waals surface area contributed by atoms with Gasteiger partial charge >= 0.3 is 5.97 Å². The van der Waals surface area contributed by atoms with E-state index in [1.165, 1.54) is 13.2 Å². The number of aromatic nitrogens is 3. The van der Waals surface area contributed by atoms with Gasteiger partial charge in [-0.2, -0.15) is 5.10 Å². The monoisotopic (exact) mass is 444 g/mol. The van der Waals surface area contributed by atoms with Gasteiger partial charge in [-0.3, -0.25) is 14.3 Å². The highest BCUT2D eigenvalue weighted by Gasteiger charge is 2.28. The number of rotatable bonds is 8. The maximum absolute atomic E-state index is 12.8. The average Bonchev–Trinajstić information content (AvgIpc) is 3.07. The van der Waals surface area contributed by atoms with Crippen LogP contribution in [0.5, 0.6) is 5.75 Å². The largest absolute Gasteiger partial charge is 0.492 e. The molecule has 9 nitrogen and oxygen atoms in total. The number of hydrogen-bond donors (Lipinski definition) is 0. The van der Waals surface area contributed by atoms with Crippen LogP contribution >= 0.6 is 0 Å². The Labute approximate surface area is 187 Å². The second-order valence-electron chi connectivity index (χ2n) is 8.17. The van der Waals surface area contributed by atoms with Gasteiger partial charge in [-0.25, -0.2) is 4.79 Å². The summed E-state index contributed by atoms with van der Waals surface area (Å²) >= 11 is 0. The molecule has 1 aliphatic heterocycles. The fraction of sp³-hybridized carbons (Fsp3) is 0.565. The summed E-state index contributed by atoms with van der Waals surface area (Å²) in [6, 6.07) is 1.35. The Morgan fingerprint density at radius 2 is 2.03 bits per heavy atom. The zero-order valence-corrected chi connectivity index (χ0v) is 19.3. The average molecular weight is 445 g/mol. The first-order valence-corrected chi connectivity index (χ1v) is 11.1. The predicted octanol–water partition coefficient (Wildman–Crippen LogP) is 1.81.